The number of nitrogens with one attached hydrogen (secondary N) is 1. The zero-order valence-electron chi connectivity index (χ0n) is 8.82. The molecule has 0 radical (unpaired) electrons. The predicted octanol–water partition coefficient (Wildman–Crippen LogP) is 2.09. The Bertz CT molecular complexity index is 377. The third kappa shape index (κ3) is 2.39. The Morgan fingerprint density at radius 2 is 2.00 bits per heavy atom. The number of carbonyl (C=O) groups is 1. The van der Waals surface area contributed by atoms with Gasteiger partial charge in [0.1, 0.15) is 11.9 Å². The Labute approximate surface area is 93.3 Å². The lowest BCUT2D eigenvalue weighted by Gasteiger charge is -2.28. The molecule has 4 heteroatoms. The smallest absolute Gasteiger partial charge is 0.320 e. The van der Waals surface area contributed by atoms with Crippen LogP contribution in [0.1, 0.15) is 30.9 Å². The molecule has 1 saturated heterocycles. The maximum Gasteiger partial charge on any atom is 0.320 e. The molecule has 1 heterocycles. The molecule has 86 valence electrons. The number of rotatable bonds is 2. The highest BCUT2D eigenvalue weighted by Crippen LogP contribution is 2.25. The summed E-state index contributed by atoms with van der Waals surface area (Å²) >= 11 is 0. The number of hydrogen-bond acceptors (Lipinski definition) is 2. The zero-order chi connectivity index (χ0) is 11.5. The third-order valence-corrected chi connectivity index (χ3v) is 2.96. The van der Waals surface area contributed by atoms with Gasteiger partial charge in [-0.25, -0.2) is 4.39 Å². The maximum atomic E-state index is 12.7. The molecule has 0 spiro atoms. The molecule has 3 nitrogen and oxygen atoms in total. The van der Waals surface area contributed by atoms with Gasteiger partial charge >= 0.3 is 5.97 Å². The van der Waals surface area contributed by atoms with Crippen LogP contribution in [0.5, 0.6) is 0 Å². The van der Waals surface area contributed by atoms with Crippen LogP contribution in [0.2, 0.25) is 0 Å². The van der Waals surface area contributed by atoms with Gasteiger partial charge in [-0.15, -0.1) is 0 Å². The van der Waals surface area contributed by atoms with Crippen molar-refractivity contribution in [3.8, 4) is 0 Å². The van der Waals surface area contributed by atoms with Crippen LogP contribution in [0.25, 0.3) is 0 Å². The second-order valence-electron chi connectivity index (χ2n) is 4.09. The van der Waals surface area contributed by atoms with E-state index in [2.05, 4.69) is 5.32 Å². The first-order valence-corrected chi connectivity index (χ1v) is 5.41. The number of carboxylic acids is 1. The molecule has 0 aliphatic carbocycles. The highest BCUT2D eigenvalue weighted by atomic mass is 19.1. The van der Waals surface area contributed by atoms with E-state index in [9.17, 15) is 9.18 Å². The lowest BCUT2D eigenvalue weighted by atomic mass is 9.93. The molecule has 0 saturated carbocycles. The fourth-order valence-corrected chi connectivity index (χ4v) is 2.09. The minimum absolute atomic E-state index is 0.0236. The van der Waals surface area contributed by atoms with Crippen LogP contribution in [-0.4, -0.2) is 17.1 Å². The Kier molecular flexibility index (Phi) is 3.19. The molecule has 0 aromatic heterocycles. The normalized spacial score (nSPS) is 25.3. The lowest BCUT2D eigenvalue weighted by molar-refractivity contribution is -0.140. The van der Waals surface area contributed by atoms with Crippen LogP contribution in [0, 0.1) is 5.82 Å². The highest BCUT2D eigenvalue weighted by molar-refractivity contribution is 5.73. The fourth-order valence-electron chi connectivity index (χ4n) is 2.09. The van der Waals surface area contributed by atoms with Crippen LogP contribution in [-0.2, 0) is 4.79 Å². The first-order chi connectivity index (χ1) is 7.66. The van der Waals surface area contributed by atoms with Gasteiger partial charge in [0, 0.05) is 6.04 Å². The van der Waals surface area contributed by atoms with Crippen molar-refractivity contribution in [2.45, 2.75) is 31.3 Å². The summed E-state index contributed by atoms with van der Waals surface area (Å²) < 4.78 is 12.7. The monoisotopic (exact) mass is 223 g/mol. The van der Waals surface area contributed by atoms with E-state index < -0.39 is 12.0 Å². The van der Waals surface area contributed by atoms with E-state index in [1.165, 1.54) is 12.1 Å². The minimum Gasteiger partial charge on any atom is -0.480 e. The summed E-state index contributed by atoms with van der Waals surface area (Å²) in [4.78, 5) is 10.9. The lowest BCUT2D eigenvalue weighted by Crippen LogP contribution is -2.42. The van der Waals surface area contributed by atoms with Crippen molar-refractivity contribution in [1.82, 2.24) is 5.32 Å². The SMILES string of the molecule is O=C(O)C1CCCC(c2ccc(F)cc2)N1. The van der Waals surface area contributed by atoms with Crippen molar-refractivity contribution >= 4 is 5.97 Å². The van der Waals surface area contributed by atoms with Crippen molar-refractivity contribution in [3.05, 3.63) is 35.6 Å². The van der Waals surface area contributed by atoms with Crippen LogP contribution in [0.4, 0.5) is 4.39 Å². The van der Waals surface area contributed by atoms with Crippen molar-refractivity contribution in [1.29, 1.82) is 0 Å². The second-order valence-corrected chi connectivity index (χ2v) is 4.09. The standard InChI is InChI=1S/C12H14FNO2/c13-9-6-4-8(5-7-9)10-2-1-3-11(14-10)12(15)16/h4-7,10-11,14H,1-3H2,(H,15,16). The molecule has 2 atom stereocenters. The second kappa shape index (κ2) is 4.61. The average molecular weight is 223 g/mol. The van der Waals surface area contributed by atoms with E-state index in [4.69, 9.17) is 5.11 Å². The van der Waals surface area contributed by atoms with E-state index in [1.54, 1.807) is 12.1 Å². The molecule has 0 bridgehead atoms. The molecule has 16 heavy (non-hydrogen) atoms. The topological polar surface area (TPSA) is 49.3 Å². The molecule has 2 unspecified atom stereocenters. The van der Waals surface area contributed by atoms with E-state index in [1.807, 2.05) is 0 Å². The van der Waals surface area contributed by atoms with Crippen LogP contribution in [0.15, 0.2) is 24.3 Å². The summed E-state index contributed by atoms with van der Waals surface area (Å²) in [6.45, 7) is 0. The summed E-state index contributed by atoms with van der Waals surface area (Å²) in [6.07, 6.45) is 2.44. The molecule has 0 amide bonds. The minimum atomic E-state index is -0.813. The highest BCUT2D eigenvalue weighted by Gasteiger charge is 2.26. The molecular weight excluding hydrogens is 209 g/mol. The summed E-state index contributed by atoms with van der Waals surface area (Å²) in [5.74, 6) is -1.08. The Morgan fingerprint density at radius 3 is 2.62 bits per heavy atom. The summed E-state index contributed by atoms with van der Waals surface area (Å²) in [5, 5.41) is 12.0. The van der Waals surface area contributed by atoms with Gasteiger partial charge in [-0.2, -0.15) is 0 Å². The van der Waals surface area contributed by atoms with Gasteiger partial charge in [0.15, 0.2) is 0 Å². The van der Waals surface area contributed by atoms with Gasteiger partial charge in [0.25, 0.3) is 0 Å². The number of halogens is 1. The number of aliphatic carboxylic acids is 1. The van der Waals surface area contributed by atoms with Crippen molar-refractivity contribution in [2.24, 2.45) is 0 Å². The zero-order valence-corrected chi connectivity index (χ0v) is 8.82. The maximum absolute atomic E-state index is 12.7. The Balaban J connectivity index is 2.09. The predicted molar refractivity (Wildman–Crippen MR) is 57.6 cm³/mol. The quantitative estimate of drug-likeness (QED) is 0.807. The van der Waals surface area contributed by atoms with Crippen molar-refractivity contribution < 1.29 is 14.3 Å². The fraction of sp³-hybridized carbons (Fsp3) is 0.417. The molecular formula is C12H14FNO2. The first-order valence-electron chi connectivity index (χ1n) is 5.41. The Morgan fingerprint density at radius 1 is 1.31 bits per heavy atom. The van der Waals surface area contributed by atoms with Crippen LogP contribution < -0.4 is 5.32 Å². The van der Waals surface area contributed by atoms with E-state index in [0.29, 0.717) is 6.42 Å². The molecule has 2 rings (SSSR count). The largest absolute Gasteiger partial charge is 0.480 e. The van der Waals surface area contributed by atoms with Gasteiger partial charge < -0.3 is 5.11 Å². The van der Waals surface area contributed by atoms with Crippen molar-refractivity contribution in [2.75, 3.05) is 0 Å². The van der Waals surface area contributed by atoms with Crippen LogP contribution in [0.3, 0.4) is 0 Å². The first kappa shape index (κ1) is 11.1. The number of piperidine rings is 1. The van der Waals surface area contributed by atoms with Gasteiger partial charge in [-0.05, 0) is 37.0 Å². The summed E-state index contributed by atoms with van der Waals surface area (Å²) in [5.41, 5.74) is 0.951. The number of carboxylic acid groups (broad SMARTS) is 1. The molecule has 1 aliphatic rings. The number of benzene rings is 1. The summed E-state index contributed by atoms with van der Waals surface area (Å²) in [6, 6.07) is 5.76. The van der Waals surface area contributed by atoms with Gasteiger partial charge in [-0.3, -0.25) is 10.1 Å². The molecule has 1 aromatic carbocycles. The molecule has 2 N–H and O–H groups in total. The van der Waals surface area contributed by atoms with Crippen LogP contribution >= 0.6 is 0 Å². The van der Waals surface area contributed by atoms with E-state index in [0.717, 1.165) is 18.4 Å². The van der Waals surface area contributed by atoms with E-state index >= 15 is 0 Å². The average Bonchev–Trinajstić information content (AvgIpc) is 2.30. The Hall–Kier alpha value is -1.42. The van der Waals surface area contributed by atoms with E-state index in [-0.39, 0.29) is 11.9 Å². The van der Waals surface area contributed by atoms with Gasteiger partial charge in [-0.1, -0.05) is 12.1 Å². The van der Waals surface area contributed by atoms with Gasteiger partial charge in [0.2, 0.25) is 0 Å². The molecule has 1 aromatic rings. The van der Waals surface area contributed by atoms with Crippen molar-refractivity contribution in [3.63, 3.8) is 0 Å². The number of hydrogen-bond donors (Lipinski definition) is 2. The summed E-state index contributed by atoms with van der Waals surface area (Å²) in [7, 11) is 0. The third-order valence-electron chi connectivity index (χ3n) is 2.96. The molecule has 1 aliphatic heterocycles. The van der Waals surface area contributed by atoms with Gasteiger partial charge in [0.05, 0.1) is 0 Å². The molecule has 1 fully saturated rings.